The van der Waals surface area contributed by atoms with Crippen LogP contribution in [0.2, 0.25) is 0 Å². The summed E-state index contributed by atoms with van der Waals surface area (Å²) in [7, 11) is 1.65. The minimum atomic E-state index is -0.578. The highest BCUT2D eigenvalue weighted by Crippen LogP contribution is 2.23. The Morgan fingerprint density at radius 1 is 1.50 bits per heavy atom. The van der Waals surface area contributed by atoms with E-state index in [4.69, 9.17) is 10.5 Å². The number of nitrogens with two attached hydrogens (primary N) is 1. The molecule has 0 spiro atoms. The van der Waals surface area contributed by atoms with Crippen molar-refractivity contribution in [1.29, 1.82) is 0 Å². The molecule has 1 aromatic rings. The van der Waals surface area contributed by atoms with E-state index in [9.17, 15) is 5.11 Å². The second kappa shape index (κ2) is 4.98. The molecule has 0 radical (unpaired) electrons. The molecule has 3 N–H and O–H groups in total. The Kier molecular flexibility index (Phi) is 3.92. The molecule has 0 aliphatic rings. The smallest absolute Gasteiger partial charge is 0.122 e. The molecule has 0 aromatic heterocycles. The molecular weight excluding hydrogens is 178 g/mol. The molecule has 14 heavy (non-hydrogen) atoms. The molecule has 78 valence electrons. The SMILES string of the molecule is CCc1cc(C(O)CN)ccc1OC. The van der Waals surface area contributed by atoms with E-state index in [0.717, 1.165) is 23.3 Å². The summed E-state index contributed by atoms with van der Waals surface area (Å²) in [6.45, 7) is 2.30. The molecule has 0 heterocycles. The van der Waals surface area contributed by atoms with E-state index >= 15 is 0 Å². The number of aliphatic hydroxyl groups is 1. The Hall–Kier alpha value is -1.06. The molecule has 1 atom stereocenters. The fraction of sp³-hybridized carbons (Fsp3) is 0.455. The zero-order valence-electron chi connectivity index (χ0n) is 8.66. The fourth-order valence-corrected chi connectivity index (χ4v) is 1.42. The van der Waals surface area contributed by atoms with Crippen molar-refractivity contribution in [3.8, 4) is 5.75 Å². The van der Waals surface area contributed by atoms with Gasteiger partial charge in [-0.25, -0.2) is 0 Å². The maximum Gasteiger partial charge on any atom is 0.122 e. The maximum atomic E-state index is 9.55. The van der Waals surface area contributed by atoms with Crippen molar-refractivity contribution in [2.75, 3.05) is 13.7 Å². The van der Waals surface area contributed by atoms with Gasteiger partial charge in [0.25, 0.3) is 0 Å². The summed E-state index contributed by atoms with van der Waals surface area (Å²) < 4.78 is 5.19. The van der Waals surface area contributed by atoms with Gasteiger partial charge >= 0.3 is 0 Å². The Balaban J connectivity index is 3.01. The average molecular weight is 195 g/mol. The minimum absolute atomic E-state index is 0.246. The van der Waals surface area contributed by atoms with E-state index < -0.39 is 6.10 Å². The lowest BCUT2D eigenvalue weighted by Crippen LogP contribution is -2.11. The van der Waals surface area contributed by atoms with E-state index in [1.54, 1.807) is 7.11 Å². The van der Waals surface area contributed by atoms with Gasteiger partial charge in [0.2, 0.25) is 0 Å². The predicted octanol–water partition coefficient (Wildman–Crippen LogP) is 1.25. The van der Waals surface area contributed by atoms with Crippen LogP contribution in [-0.4, -0.2) is 18.8 Å². The average Bonchev–Trinajstić information content (AvgIpc) is 2.26. The van der Waals surface area contributed by atoms with Crippen LogP contribution in [0.3, 0.4) is 0 Å². The van der Waals surface area contributed by atoms with E-state index in [1.807, 2.05) is 18.2 Å². The molecule has 0 bridgehead atoms. The first kappa shape index (κ1) is 11.0. The van der Waals surface area contributed by atoms with Gasteiger partial charge < -0.3 is 15.6 Å². The summed E-state index contributed by atoms with van der Waals surface area (Å²) >= 11 is 0. The Labute approximate surface area is 84.5 Å². The summed E-state index contributed by atoms with van der Waals surface area (Å²) in [6, 6.07) is 5.65. The van der Waals surface area contributed by atoms with Crippen molar-refractivity contribution in [2.45, 2.75) is 19.4 Å². The number of ether oxygens (including phenoxy) is 1. The van der Waals surface area contributed by atoms with Gasteiger partial charge in [0.15, 0.2) is 0 Å². The molecule has 0 saturated carbocycles. The van der Waals surface area contributed by atoms with Gasteiger partial charge in [-0.05, 0) is 29.7 Å². The molecule has 1 unspecified atom stereocenters. The molecule has 0 amide bonds. The van der Waals surface area contributed by atoms with Crippen molar-refractivity contribution in [1.82, 2.24) is 0 Å². The van der Waals surface area contributed by atoms with Crippen LogP contribution in [0.4, 0.5) is 0 Å². The first-order chi connectivity index (χ1) is 6.72. The Morgan fingerprint density at radius 3 is 2.71 bits per heavy atom. The summed E-state index contributed by atoms with van der Waals surface area (Å²) in [5.41, 5.74) is 7.33. The van der Waals surface area contributed by atoms with Crippen molar-refractivity contribution < 1.29 is 9.84 Å². The Bertz CT molecular complexity index is 299. The Morgan fingerprint density at radius 2 is 2.21 bits per heavy atom. The molecular formula is C11H17NO2. The largest absolute Gasteiger partial charge is 0.496 e. The quantitative estimate of drug-likeness (QED) is 0.760. The molecule has 0 aliphatic heterocycles. The lowest BCUT2D eigenvalue weighted by atomic mass is 10.0. The van der Waals surface area contributed by atoms with Crippen molar-refractivity contribution >= 4 is 0 Å². The topological polar surface area (TPSA) is 55.5 Å². The number of hydrogen-bond acceptors (Lipinski definition) is 3. The van der Waals surface area contributed by atoms with E-state index in [0.29, 0.717) is 0 Å². The molecule has 1 rings (SSSR count). The van der Waals surface area contributed by atoms with Crippen LogP contribution < -0.4 is 10.5 Å². The number of rotatable bonds is 4. The van der Waals surface area contributed by atoms with Gasteiger partial charge in [-0.3, -0.25) is 0 Å². The predicted molar refractivity (Wildman–Crippen MR) is 56.4 cm³/mol. The molecule has 0 saturated heterocycles. The highest BCUT2D eigenvalue weighted by atomic mass is 16.5. The summed E-state index contributed by atoms with van der Waals surface area (Å²) in [4.78, 5) is 0. The third kappa shape index (κ3) is 2.25. The molecule has 3 heteroatoms. The van der Waals surface area contributed by atoms with Crippen LogP contribution in [0.5, 0.6) is 5.75 Å². The highest BCUT2D eigenvalue weighted by Gasteiger charge is 2.08. The van der Waals surface area contributed by atoms with Gasteiger partial charge in [-0.1, -0.05) is 13.0 Å². The summed E-state index contributed by atoms with van der Waals surface area (Å²) in [5, 5.41) is 9.55. The summed E-state index contributed by atoms with van der Waals surface area (Å²) in [5.74, 6) is 0.862. The van der Waals surface area contributed by atoms with Crippen LogP contribution in [-0.2, 0) is 6.42 Å². The number of aliphatic hydroxyl groups excluding tert-OH is 1. The van der Waals surface area contributed by atoms with E-state index in [1.165, 1.54) is 0 Å². The lowest BCUT2D eigenvalue weighted by Gasteiger charge is -2.12. The van der Waals surface area contributed by atoms with Crippen LogP contribution in [0, 0.1) is 0 Å². The van der Waals surface area contributed by atoms with Crippen molar-refractivity contribution in [3.63, 3.8) is 0 Å². The van der Waals surface area contributed by atoms with E-state index in [2.05, 4.69) is 6.92 Å². The van der Waals surface area contributed by atoms with Gasteiger partial charge in [-0.2, -0.15) is 0 Å². The number of methoxy groups -OCH3 is 1. The first-order valence-corrected chi connectivity index (χ1v) is 4.77. The maximum absolute atomic E-state index is 9.55. The molecule has 0 fully saturated rings. The van der Waals surface area contributed by atoms with Gasteiger partial charge in [-0.15, -0.1) is 0 Å². The van der Waals surface area contributed by atoms with Gasteiger partial charge in [0, 0.05) is 6.54 Å². The second-order valence-electron chi connectivity index (χ2n) is 3.18. The minimum Gasteiger partial charge on any atom is -0.496 e. The molecule has 1 aromatic carbocycles. The van der Waals surface area contributed by atoms with Gasteiger partial charge in [0.05, 0.1) is 13.2 Å². The fourth-order valence-electron chi connectivity index (χ4n) is 1.42. The lowest BCUT2D eigenvalue weighted by molar-refractivity contribution is 0.186. The van der Waals surface area contributed by atoms with Crippen LogP contribution >= 0.6 is 0 Å². The monoisotopic (exact) mass is 195 g/mol. The standard InChI is InChI=1S/C11H17NO2/c1-3-8-6-9(10(13)7-12)4-5-11(8)14-2/h4-6,10,13H,3,7,12H2,1-2H3. The molecule has 0 aliphatic carbocycles. The van der Waals surface area contributed by atoms with Crippen LogP contribution in [0.15, 0.2) is 18.2 Å². The van der Waals surface area contributed by atoms with E-state index in [-0.39, 0.29) is 6.54 Å². The zero-order chi connectivity index (χ0) is 10.6. The number of hydrogen-bond donors (Lipinski definition) is 2. The third-order valence-corrected chi connectivity index (χ3v) is 2.29. The number of benzene rings is 1. The second-order valence-corrected chi connectivity index (χ2v) is 3.18. The normalized spacial score (nSPS) is 12.6. The zero-order valence-corrected chi connectivity index (χ0v) is 8.66. The third-order valence-electron chi connectivity index (χ3n) is 2.29. The van der Waals surface area contributed by atoms with Crippen LogP contribution in [0.1, 0.15) is 24.2 Å². The van der Waals surface area contributed by atoms with Crippen molar-refractivity contribution in [3.05, 3.63) is 29.3 Å². The molecule has 3 nitrogen and oxygen atoms in total. The first-order valence-electron chi connectivity index (χ1n) is 4.77. The van der Waals surface area contributed by atoms with Crippen LogP contribution in [0.25, 0.3) is 0 Å². The highest BCUT2D eigenvalue weighted by molar-refractivity contribution is 5.38. The number of aryl methyl sites for hydroxylation is 1. The van der Waals surface area contributed by atoms with Crippen molar-refractivity contribution in [2.24, 2.45) is 5.73 Å². The van der Waals surface area contributed by atoms with Gasteiger partial charge in [0.1, 0.15) is 5.75 Å². The summed E-state index contributed by atoms with van der Waals surface area (Å²) in [6.07, 6.45) is 0.306.